The van der Waals surface area contributed by atoms with Gasteiger partial charge in [0.25, 0.3) is 5.91 Å². The largest absolute Gasteiger partial charge is 0.454 e. The normalized spacial score (nSPS) is 10.3. The number of amides is 2. The van der Waals surface area contributed by atoms with Crippen molar-refractivity contribution in [3.63, 3.8) is 0 Å². The summed E-state index contributed by atoms with van der Waals surface area (Å²) in [5.74, 6) is -1.45. The third-order valence-electron chi connectivity index (χ3n) is 4.67. The van der Waals surface area contributed by atoms with Crippen molar-refractivity contribution < 1.29 is 23.9 Å². The first kappa shape index (κ1) is 22.9. The number of Topliss-reactive ketones (excluding diaryl/α,β-unsaturated/α-hetero) is 1. The van der Waals surface area contributed by atoms with E-state index >= 15 is 0 Å². The van der Waals surface area contributed by atoms with Crippen LogP contribution < -0.4 is 10.2 Å². The summed E-state index contributed by atoms with van der Waals surface area (Å²) in [6.07, 6.45) is 0.353. The van der Waals surface area contributed by atoms with E-state index in [1.807, 2.05) is 0 Å². The Kier molecular flexibility index (Phi) is 7.51. The van der Waals surface area contributed by atoms with E-state index in [-0.39, 0.29) is 23.2 Å². The number of esters is 1. The summed E-state index contributed by atoms with van der Waals surface area (Å²) >= 11 is 1.31. The molecule has 2 aromatic carbocycles. The zero-order chi connectivity index (χ0) is 23.1. The van der Waals surface area contributed by atoms with E-state index in [1.165, 1.54) is 16.2 Å². The summed E-state index contributed by atoms with van der Waals surface area (Å²) in [4.78, 5) is 51.1. The Balaban J connectivity index is 1.66. The van der Waals surface area contributed by atoms with Crippen molar-refractivity contribution in [3.8, 4) is 0 Å². The van der Waals surface area contributed by atoms with E-state index in [0.717, 1.165) is 0 Å². The van der Waals surface area contributed by atoms with Gasteiger partial charge in [0, 0.05) is 24.7 Å². The molecule has 0 spiro atoms. The first-order chi connectivity index (χ1) is 15.4. The summed E-state index contributed by atoms with van der Waals surface area (Å²) in [6.45, 7) is 1.30. The van der Waals surface area contributed by atoms with Crippen molar-refractivity contribution in [3.05, 3.63) is 82.0 Å². The Bertz CT molecular complexity index is 1120. The highest BCUT2D eigenvalue weighted by Crippen LogP contribution is 2.23. The lowest BCUT2D eigenvalue weighted by molar-refractivity contribution is -0.115. The fourth-order valence-corrected chi connectivity index (χ4v) is 3.59. The SMILES string of the molecule is CCC(=O)Nc1ccc(C(=O)COC(=O)c2ccccc2N(C)C(=O)c2cccs2)cc1. The number of rotatable bonds is 8. The second-order valence-corrected chi connectivity index (χ2v) is 7.78. The maximum absolute atomic E-state index is 12.7. The second kappa shape index (κ2) is 10.5. The monoisotopic (exact) mass is 450 g/mol. The Morgan fingerprint density at radius 3 is 2.34 bits per heavy atom. The summed E-state index contributed by atoms with van der Waals surface area (Å²) < 4.78 is 5.22. The molecule has 7 nitrogen and oxygen atoms in total. The minimum Gasteiger partial charge on any atom is -0.454 e. The van der Waals surface area contributed by atoms with Crippen LogP contribution >= 0.6 is 11.3 Å². The van der Waals surface area contributed by atoms with Crippen LogP contribution in [0.25, 0.3) is 0 Å². The molecule has 0 aliphatic rings. The number of nitrogens with zero attached hydrogens (tertiary/aromatic N) is 1. The van der Waals surface area contributed by atoms with Gasteiger partial charge in [-0.25, -0.2) is 4.79 Å². The maximum atomic E-state index is 12.7. The van der Waals surface area contributed by atoms with Crippen LogP contribution in [0.15, 0.2) is 66.0 Å². The van der Waals surface area contributed by atoms with Crippen molar-refractivity contribution in [2.75, 3.05) is 23.9 Å². The molecule has 0 saturated carbocycles. The predicted octanol–water partition coefficient (Wildman–Crippen LogP) is 4.41. The molecule has 1 N–H and O–H groups in total. The number of carbonyl (C=O) groups is 4. The van der Waals surface area contributed by atoms with Crippen LogP contribution in [0.4, 0.5) is 11.4 Å². The fourth-order valence-electron chi connectivity index (χ4n) is 2.89. The molecule has 3 rings (SSSR count). The molecule has 1 heterocycles. The maximum Gasteiger partial charge on any atom is 0.340 e. The summed E-state index contributed by atoms with van der Waals surface area (Å²) in [6, 6.07) is 16.4. The number of carbonyl (C=O) groups excluding carboxylic acids is 4. The van der Waals surface area contributed by atoms with Crippen molar-refractivity contribution in [1.82, 2.24) is 0 Å². The van der Waals surface area contributed by atoms with Gasteiger partial charge in [0.15, 0.2) is 12.4 Å². The molecule has 1 aromatic heterocycles. The summed E-state index contributed by atoms with van der Waals surface area (Å²) in [7, 11) is 1.58. The average molecular weight is 451 g/mol. The molecule has 0 fully saturated rings. The highest BCUT2D eigenvalue weighted by Gasteiger charge is 2.21. The van der Waals surface area contributed by atoms with Crippen LogP contribution in [0.3, 0.4) is 0 Å². The second-order valence-electron chi connectivity index (χ2n) is 6.84. The van der Waals surface area contributed by atoms with Gasteiger partial charge in [-0.1, -0.05) is 25.1 Å². The molecule has 0 saturated heterocycles. The van der Waals surface area contributed by atoms with Crippen LogP contribution in [0.5, 0.6) is 0 Å². The van der Waals surface area contributed by atoms with Gasteiger partial charge >= 0.3 is 5.97 Å². The molecule has 164 valence electrons. The molecular formula is C24H22N2O5S. The third-order valence-corrected chi connectivity index (χ3v) is 5.53. The highest BCUT2D eigenvalue weighted by atomic mass is 32.1. The van der Waals surface area contributed by atoms with Gasteiger partial charge in [0.1, 0.15) is 0 Å². The first-order valence-electron chi connectivity index (χ1n) is 9.91. The third kappa shape index (κ3) is 5.47. The quantitative estimate of drug-likeness (QED) is 0.405. The van der Waals surface area contributed by atoms with Gasteiger partial charge < -0.3 is 15.0 Å². The number of anilines is 2. The lowest BCUT2D eigenvalue weighted by Crippen LogP contribution is -2.27. The van der Waals surface area contributed by atoms with Gasteiger partial charge in [0.05, 0.1) is 16.1 Å². The van der Waals surface area contributed by atoms with E-state index < -0.39 is 12.6 Å². The minimum atomic E-state index is -0.702. The molecule has 0 aliphatic carbocycles. The number of ether oxygens (including phenoxy) is 1. The van der Waals surface area contributed by atoms with Crippen LogP contribution in [-0.2, 0) is 9.53 Å². The Morgan fingerprint density at radius 2 is 1.69 bits per heavy atom. The summed E-state index contributed by atoms with van der Waals surface area (Å²) in [5.41, 5.74) is 1.51. The van der Waals surface area contributed by atoms with Gasteiger partial charge in [-0.15, -0.1) is 11.3 Å². The molecule has 0 unspecified atom stereocenters. The molecule has 0 radical (unpaired) electrons. The van der Waals surface area contributed by atoms with Gasteiger partial charge in [-0.05, 0) is 47.8 Å². The summed E-state index contributed by atoms with van der Waals surface area (Å²) in [5, 5.41) is 4.50. The number of para-hydroxylation sites is 1. The molecule has 2 amide bonds. The van der Waals surface area contributed by atoms with Crippen LogP contribution in [-0.4, -0.2) is 37.2 Å². The lowest BCUT2D eigenvalue weighted by atomic mass is 10.1. The minimum absolute atomic E-state index is 0.126. The van der Waals surface area contributed by atoms with Crippen LogP contribution in [0.1, 0.15) is 43.7 Å². The van der Waals surface area contributed by atoms with E-state index in [9.17, 15) is 19.2 Å². The number of nitrogens with one attached hydrogen (secondary N) is 1. The van der Waals surface area contributed by atoms with Crippen molar-refractivity contribution >= 4 is 46.3 Å². The van der Waals surface area contributed by atoms with Crippen LogP contribution in [0, 0.1) is 0 Å². The van der Waals surface area contributed by atoms with E-state index in [4.69, 9.17) is 4.74 Å². The lowest BCUT2D eigenvalue weighted by Gasteiger charge is -2.19. The zero-order valence-electron chi connectivity index (χ0n) is 17.7. The van der Waals surface area contributed by atoms with E-state index in [0.29, 0.717) is 28.2 Å². The van der Waals surface area contributed by atoms with Gasteiger partial charge in [0.2, 0.25) is 5.91 Å². The Labute approximate surface area is 189 Å². The van der Waals surface area contributed by atoms with Gasteiger partial charge in [-0.2, -0.15) is 0 Å². The number of thiophene rings is 1. The average Bonchev–Trinajstić information content (AvgIpc) is 3.36. The van der Waals surface area contributed by atoms with Crippen LogP contribution in [0.2, 0.25) is 0 Å². The van der Waals surface area contributed by atoms with E-state index in [1.54, 1.807) is 80.0 Å². The smallest absolute Gasteiger partial charge is 0.340 e. The van der Waals surface area contributed by atoms with Crippen molar-refractivity contribution in [2.24, 2.45) is 0 Å². The number of hydrogen-bond acceptors (Lipinski definition) is 6. The molecule has 32 heavy (non-hydrogen) atoms. The Hall–Kier alpha value is -3.78. The molecule has 0 aliphatic heterocycles. The number of benzene rings is 2. The molecule has 8 heteroatoms. The first-order valence-corrected chi connectivity index (χ1v) is 10.8. The van der Waals surface area contributed by atoms with Crippen molar-refractivity contribution in [1.29, 1.82) is 0 Å². The number of hydrogen-bond donors (Lipinski definition) is 1. The topological polar surface area (TPSA) is 92.8 Å². The standard InChI is InChI=1S/C24H22N2O5S/c1-3-22(28)25-17-12-10-16(11-13-17)20(27)15-31-24(30)18-7-4-5-8-19(18)26(2)23(29)21-9-6-14-32-21/h4-14H,3,15H2,1-2H3,(H,25,28). The molecule has 0 bridgehead atoms. The molecule has 3 aromatic rings. The fraction of sp³-hybridized carbons (Fsp3) is 0.167. The Morgan fingerprint density at radius 1 is 0.969 bits per heavy atom. The van der Waals surface area contributed by atoms with Crippen molar-refractivity contribution in [2.45, 2.75) is 13.3 Å². The number of ketones is 1. The van der Waals surface area contributed by atoms with E-state index in [2.05, 4.69) is 5.32 Å². The predicted molar refractivity (Wildman–Crippen MR) is 123 cm³/mol. The molecule has 0 atom stereocenters. The molecular weight excluding hydrogens is 428 g/mol. The zero-order valence-corrected chi connectivity index (χ0v) is 18.5. The highest BCUT2D eigenvalue weighted by molar-refractivity contribution is 7.12. The van der Waals surface area contributed by atoms with Gasteiger partial charge in [-0.3, -0.25) is 14.4 Å².